The highest BCUT2D eigenvalue weighted by Gasteiger charge is 2.47. The first-order valence-electron chi connectivity index (χ1n) is 33.6. The molecule has 14 amide bonds. The molecule has 0 saturated carbocycles. The molecule has 4 heterocycles. The Balaban J connectivity index is 1.35. The molecule has 12 atom stereocenters. The average molecular weight is 1420 g/mol. The third-order valence-corrected chi connectivity index (χ3v) is 17.3. The zero-order valence-electron chi connectivity index (χ0n) is 57.1. The van der Waals surface area contributed by atoms with Gasteiger partial charge in [-0.3, -0.25) is 81.5 Å². The molecule has 0 aromatic rings. The molecule has 4 aliphatic rings. The van der Waals surface area contributed by atoms with E-state index in [0.29, 0.717) is 32.1 Å². The summed E-state index contributed by atoms with van der Waals surface area (Å²) in [5, 5.41) is 61.6. The van der Waals surface area contributed by atoms with E-state index in [1.165, 1.54) is 19.6 Å². The molecule has 0 aromatic heterocycles. The zero-order valence-corrected chi connectivity index (χ0v) is 57.1. The molecular weight excluding hydrogens is 1320 g/mol. The number of hydrogen-bond acceptors (Lipinski definition) is 20. The summed E-state index contributed by atoms with van der Waals surface area (Å²) in [4.78, 5) is 242. The number of unbranched alkanes of at least 4 members (excludes halogenated alkanes) is 1. The third-order valence-electron chi connectivity index (χ3n) is 17.3. The fourth-order valence-electron chi connectivity index (χ4n) is 12.2. The van der Waals surface area contributed by atoms with Crippen LogP contribution in [0, 0.1) is 11.8 Å². The molecule has 0 spiro atoms. The van der Waals surface area contributed by atoms with Crippen LogP contribution in [0.15, 0.2) is 0 Å². The van der Waals surface area contributed by atoms with Crippen molar-refractivity contribution in [3.8, 4) is 0 Å². The number of carbonyl (C=O) groups excluding carboxylic acids is 14. The van der Waals surface area contributed by atoms with Crippen molar-refractivity contribution in [2.24, 2.45) is 23.3 Å². The molecule has 1 unspecified atom stereocenters. The third kappa shape index (κ3) is 25.0. The maximum absolute atomic E-state index is 14.3. The maximum Gasteiger partial charge on any atom is 0.326 e. The minimum absolute atomic E-state index is 0.0126. The molecular formula is C62H98N16O22. The molecule has 18 N–H and O–H groups in total. The first kappa shape index (κ1) is 82.8. The number of carbonyl (C=O) groups is 18. The molecule has 0 bridgehead atoms. The van der Waals surface area contributed by atoms with Gasteiger partial charge in [0.1, 0.15) is 72.5 Å². The summed E-state index contributed by atoms with van der Waals surface area (Å²) in [6.45, 7) is 7.73. The molecule has 4 rings (SSSR count). The van der Waals surface area contributed by atoms with Crippen LogP contribution < -0.4 is 64.6 Å². The Morgan fingerprint density at radius 1 is 0.420 bits per heavy atom. The number of carboxylic acid groups (broad SMARTS) is 4. The number of amides is 14. The van der Waals surface area contributed by atoms with E-state index in [-0.39, 0.29) is 90.0 Å². The lowest BCUT2D eigenvalue weighted by Gasteiger charge is -2.35. The van der Waals surface area contributed by atoms with Gasteiger partial charge in [-0.15, -0.1) is 0 Å². The quantitative estimate of drug-likeness (QED) is 0.0255. The van der Waals surface area contributed by atoms with Gasteiger partial charge in [0.05, 0.1) is 32.5 Å². The monoisotopic (exact) mass is 1420 g/mol. The summed E-state index contributed by atoms with van der Waals surface area (Å²) in [6.07, 6.45) is 0.156. The minimum atomic E-state index is -2.02. The first-order chi connectivity index (χ1) is 47.1. The van der Waals surface area contributed by atoms with Crippen LogP contribution in [0.2, 0.25) is 0 Å². The van der Waals surface area contributed by atoms with Gasteiger partial charge in [0.25, 0.3) is 0 Å². The summed E-state index contributed by atoms with van der Waals surface area (Å²) in [6, 6.07) is -16.4. The highest BCUT2D eigenvalue weighted by atomic mass is 16.4. The molecule has 0 radical (unpaired) electrons. The van der Waals surface area contributed by atoms with Crippen LogP contribution in [0.25, 0.3) is 0 Å². The van der Waals surface area contributed by atoms with E-state index >= 15 is 0 Å². The Bertz CT molecular complexity index is 3040. The van der Waals surface area contributed by atoms with Crippen molar-refractivity contribution in [2.75, 3.05) is 52.4 Å². The van der Waals surface area contributed by atoms with Gasteiger partial charge >= 0.3 is 23.9 Å². The standard InChI is InChI=1S/C62H98N16O22/c1-31(2)25-37(55(92)74-50(32(3)4)62(99)100)71-46(81)29-65-51(88)33(5)67-53(90)38(26-48(84)85)73-54(91)39(27-49(86)87)72-52(89)34(6)68-57(94)41-15-10-21-75(41)58(95)35(13-7-8-20-63)70-45(80)30-66-56(93)40-14-9-22-76(40)60(97)43-17-12-24-78(43)61(98)42-16-11-23-77(42)59(96)36(18-19-47(82)83)69-44(79)28-64/h31-43,50H,7-30,63-64H2,1-6H3,(H,65,88)(H,66,93)(H,67,90)(H,68,94)(H,69,79)(H,70,80)(H,71,81)(H,72,89)(H,73,91)(H,74,92)(H,82,83)(H,84,85)(H,86,87)(H,99,100)/t33-,34-,35?,36-,37-,38-,39-,40-,41-,42-,43-,50-/m0/s1. The number of nitrogens with two attached hydrogens (primary N) is 2. The van der Waals surface area contributed by atoms with Gasteiger partial charge in [-0.1, -0.05) is 27.7 Å². The second-order valence-electron chi connectivity index (χ2n) is 26.0. The number of nitrogens with one attached hydrogen (secondary N) is 10. The van der Waals surface area contributed by atoms with Crippen molar-refractivity contribution in [1.29, 1.82) is 0 Å². The largest absolute Gasteiger partial charge is 0.481 e. The van der Waals surface area contributed by atoms with Crippen LogP contribution in [0.5, 0.6) is 0 Å². The summed E-state index contributed by atoms with van der Waals surface area (Å²) >= 11 is 0. The molecule has 558 valence electrons. The Morgan fingerprint density at radius 3 is 1.35 bits per heavy atom. The fraction of sp³-hybridized carbons (Fsp3) is 0.710. The van der Waals surface area contributed by atoms with E-state index in [1.807, 2.05) is 0 Å². The Morgan fingerprint density at radius 2 is 0.850 bits per heavy atom. The highest BCUT2D eigenvalue weighted by molar-refractivity contribution is 6.01. The van der Waals surface area contributed by atoms with Gasteiger partial charge < -0.3 is 105 Å². The van der Waals surface area contributed by atoms with Crippen LogP contribution >= 0.6 is 0 Å². The summed E-state index contributed by atoms with van der Waals surface area (Å²) < 4.78 is 0. The van der Waals surface area contributed by atoms with E-state index in [2.05, 4.69) is 53.2 Å². The topological polar surface area (TPSA) is 573 Å². The van der Waals surface area contributed by atoms with E-state index < -0.39 is 224 Å². The lowest BCUT2D eigenvalue weighted by atomic mass is 10.0. The lowest BCUT2D eigenvalue weighted by Crippen LogP contribution is -2.59. The first-order valence-corrected chi connectivity index (χ1v) is 33.6. The molecule has 38 nitrogen and oxygen atoms in total. The molecule has 4 saturated heterocycles. The number of aliphatic carboxylic acids is 4. The summed E-state index contributed by atoms with van der Waals surface area (Å²) in [7, 11) is 0. The molecule has 0 aliphatic carbocycles. The zero-order chi connectivity index (χ0) is 74.8. The van der Waals surface area contributed by atoms with Crippen LogP contribution in [-0.2, 0) is 86.3 Å². The lowest BCUT2D eigenvalue weighted by molar-refractivity contribution is -0.151. The molecule has 38 heteroatoms. The molecule has 0 aromatic carbocycles. The Hall–Kier alpha value is -9.62. The van der Waals surface area contributed by atoms with Gasteiger partial charge in [0, 0.05) is 32.6 Å². The van der Waals surface area contributed by atoms with Crippen molar-refractivity contribution < 1.29 is 107 Å². The number of likely N-dealkylation sites (tertiary alicyclic amines) is 4. The van der Waals surface area contributed by atoms with Gasteiger partial charge in [0.2, 0.25) is 82.7 Å². The van der Waals surface area contributed by atoms with Crippen molar-refractivity contribution in [3.63, 3.8) is 0 Å². The SMILES string of the molecule is CC(C)C[C@H](NC(=O)CNC(=O)[C@H](C)NC(=O)[C@H](CC(=O)O)NC(=O)[C@H](CC(=O)O)NC(=O)[C@H](C)NC(=O)[C@@H]1CCCN1C(=O)C(CCCCN)NC(=O)CNC(=O)[C@@H]1CCCN1C(=O)[C@@H]1CCCN1C(=O)[C@@H]1CCCN1C(=O)[C@H](CCC(=O)O)NC(=O)CN)C(=O)N[C@H](C(=O)O)C(C)C. The number of carboxylic acids is 4. The maximum atomic E-state index is 14.3. The predicted octanol–water partition coefficient (Wildman–Crippen LogP) is -6.21. The van der Waals surface area contributed by atoms with Crippen LogP contribution in [0.1, 0.15) is 144 Å². The average Bonchev–Trinajstić information content (AvgIpc) is 1.63. The van der Waals surface area contributed by atoms with E-state index in [1.54, 1.807) is 27.7 Å². The van der Waals surface area contributed by atoms with Crippen molar-refractivity contribution in [2.45, 2.75) is 217 Å². The minimum Gasteiger partial charge on any atom is -0.481 e. The second-order valence-corrected chi connectivity index (χ2v) is 26.0. The molecule has 4 fully saturated rings. The van der Waals surface area contributed by atoms with Crippen molar-refractivity contribution in [3.05, 3.63) is 0 Å². The Labute approximate surface area is 576 Å². The Kier molecular flexibility index (Phi) is 33.0. The van der Waals surface area contributed by atoms with Gasteiger partial charge in [-0.2, -0.15) is 0 Å². The number of hydrogen-bond donors (Lipinski definition) is 16. The van der Waals surface area contributed by atoms with Gasteiger partial charge in [0.15, 0.2) is 0 Å². The summed E-state index contributed by atoms with van der Waals surface area (Å²) in [5.74, 6) is -18.5. The predicted molar refractivity (Wildman–Crippen MR) is 347 cm³/mol. The van der Waals surface area contributed by atoms with Crippen LogP contribution in [-0.4, -0.2) is 271 Å². The molecule has 4 aliphatic heterocycles. The highest BCUT2D eigenvalue weighted by Crippen LogP contribution is 2.29. The van der Waals surface area contributed by atoms with Gasteiger partial charge in [-0.05, 0) is 116 Å². The van der Waals surface area contributed by atoms with Crippen LogP contribution in [0.3, 0.4) is 0 Å². The van der Waals surface area contributed by atoms with E-state index in [4.69, 9.17) is 11.5 Å². The van der Waals surface area contributed by atoms with Gasteiger partial charge in [-0.25, -0.2) is 4.79 Å². The van der Waals surface area contributed by atoms with E-state index in [9.17, 15) is 107 Å². The smallest absolute Gasteiger partial charge is 0.326 e. The summed E-state index contributed by atoms with van der Waals surface area (Å²) in [5.41, 5.74) is 11.2. The van der Waals surface area contributed by atoms with Crippen molar-refractivity contribution >= 4 is 107 Å². The van der Waals surface area contributed by atoms with Crippen molar-refractivity contribution in [1.82, 2.24) is 72.8 Å². The normalized spacial score (nSPS) is 19.7. The number of nitrogens with zero attached hydrogens (tertiary/aromatic N) is 4. The number of rotatable bonds is 39. The van der Waals surface area contributed by atoms with E-state index in [0.717, 1.165) is 13.8 Å². The second kappa shape index (κ2) is 39.8. The fourth-order valence-corrected chi connectivity index (χ4v) is 12.2. The van der Waals surface area contributed by atoms with Crippen LogP contribution in [0.4, 0.5) is 0 Å². The molecule has 100 heavy (non-hydrogen) atoms.